The van der Waals surface area contributed by atoms with E-state index >= 15 is 4.39 Å². The number of aliphatic hydroxyl groups excluding tert-OH is 1. The van der Waals surface area contributed by atoms with Gasteiger partial charge in [-0.15, -0.1) is 0 Å². The van der Waals surface area contributed by atoms with Crippen molar-refractivity contribution in [2.24, 2.45) is 0 Å². The molecule has 5 aromatic rings. The van der Waals surface area contributed by atoms with Gasteiger partial charge in [-0.1, -0.05) is 35.5 Å². The molecule has 0 aliphatic carbocycles. The second-order valence-corrected chi connectivity index (χ2v) is 11.4. The molecule has 232 valence electrons. The molecule has 2 aliphatic heterocycles. The van der Waals surface area contributed by atoms with Gasteiger partial charge in [0.15, 0.2) is 17.1 Å². The molecule has 9 nitrogen and oxygen atoms in total. The summed E-state index contributed by atoms with van der Waals surface area (Å²) in [5.74, 6) is -1.45. The van der Waals surface area contributed by atoms with Crippen LogP contribution in [-0.2, 0) is 19.1 Å². The highest BCUT2D eigenvalue weighted by atomic mass is 19.4. The van der Waals surface area contributed by atoms with Gasteiger partial charge in [0.05, 0.1) is 22.9 Å². The summed E-state index contributed by atoms with van der Waals surface area (Å²) in [6.45, 7) is 1.91. The molecule has 45 heavy (non-hydrogen) atoms. The highest BCUT2D eigenvalue weighted by molar-refractivity contribution is 6.07. The standard InChI is InChI=1S/C32H28F4N6O3/c33-25-14-18(22-5-2-1-4-19(22)16-40-13-11-21(43)17-40)7-9-26(25)41-12-3-6-23-28(31(41)44)42(38-29(23)32(34,35)36)20-8-10-27-24(15-20)30(37)39-45-27/h1-2,4-5,7-10,14-15,21,43H,3,6,11-13,16-17H2,(H2,37,39). The van der Waals surface area contributed by atoms with E-state index in [0.717, 1.165) is 22.4 Å². The smallest absolute Gasteiger partial charge is 0.392 e. The zero-order valence-corrected chi connectivity index (χ0v) is 23.9. The second-order valence-electron chi connectivity index (χ2n) is 11.4. The number of rotatable bonds is 5. The monoisotopic (exact) mass is 620 g/mol. The summed E-state index contributed by atoms with van der Waals surface area (Å²) in [7, 11) is 0. The molecular weight excluding hydrogens is 592 g/mol. The van der Waals surface area contributed by atoms with E-state index in [2.05, 4.69) is 15.2 Å². The van der Waals surface area contributed by atoms with E-state index in [1.54, 1.807) is 6.07 Å². The number of halogens is 4. The molecule has 0 radical (unpaired) electrons. The van der Waals surface area contributed by atoms with Crippen molar-refractivity contribution >= 4 is 28.4 Å². The van der Waals surface area contributed by atoms with Crippen molar-refractivity contribution in [1.82, 2.24) is 19.8 Å². The lowest BCUT2D eigenvalue weighted by atomic mass is 9.98. The lowest BCUT2D eigenvalue weighted by Crippen LogP contribution is -2.33. The van der Waals surface area contributed by atoms with E-state index in [-0.39, 0.29) is 53.9 Å². The Morgan fingerprint density at radius 3 is 2.64 bits per heavy atom. The molecule has 13 heteroatoms. The van der Waals surface area contributed by atoms with Gasteiger partial charge in [0, 0.05) is 31.7 Å². The van der Waals surface area contributed by atoms with Gasteiger partial charge in [-0.05, 0) is 66.3 Å². The molecule has 7 rings (SSSR count). The van der Waals surface area contributed by atoms with Crippen LogP contribution in [0.3, 0.4) is 0 Å². The van der Waals surface area contributed by atoms with Gasteiger partial charge in [0.2, 0.25) is 0 Å². The van der Waals surface area contributed by atoms with Gasteiger partial charge in [-0.2, -0.15) is 18.3 Å². The summed E-state index contributed by atoms with van der Waals surface area (Å²) in [5, 5.41) is 17.8. The van der Waals surface area contributed by atoms with Crippen LogP contribution in [0.4, 0.5) is 29.1 Å². The summed E-state index contributed by atoms with van der Waals surface area (Å²) < 4.78 is 64.5. The number of aromatic nitrogens is 3. The van der Waals surface area contributed by atoms with Crippen LogP contribution in [0.15, 0.2) is 65.2 Å². The van der Waals surface area contributed by atoms with Crippen LogP contribution in [-0.4, -0.2) is 56.6 Å². The SMILES string of the molecule is Nc1noc2ccc(-n3nc(C(F)(F)F)c4c3C(=O)N(c3ccc(-c5ccccc5CN5CCC(O)C5)cc3F)CCC4)cc12. The molecule has 1 unspecified atom stereocenters. The number of benzene rings is 3. The quantitative estimate of drug-likeness (QED) is 0.247. The second kappa shape index (κ2) is 11.0. The first-order chi connectivity index (χ1) is 21.6. The fraction of sp³-hybridized carbons (Fsp3) is 0.281. The summed E-state index contributed by atoms with van der Waals surface area (Å²) >= 11 is 0. The normalized spacial score (nSPS) is 17.7. The van der Waals surface area contributed by atoms with Crippen LogP contribution in [0, 0.1) is 5.82 Å². The molecule has 0 spiro atoms. The number of nitrogens with zero attached hydrogens (tertiary/aromatic N) is 5. The molecule has 0 saturated carbocycles. The largest absolute Gasteiger partial charge is 0.435 e. The van der Waals surface area contributed by atoms with E-state index in [4.69, 9.17) is 10.3 Å². The van der Waals surface area contributed by atoms with E-state index < -0.39 is 23.6 Å². The third kappa shape index (κ3) is 5.21. The van der Waals surface area contributed by atoms with Crippen molar-refractivity contribution in [3.05, 3.63) is 89.0 Å². The Kier molecular flexibility index (Phi) is 7.09. The molecule has 2 aliphatic rings. The van der Waals surface area contributed by atoms with E-state index in [1.807, 2.05) is 24.3 Å². The Hall–Kier alpha value is -4.75. The Morgan fingerprint density at radius 2 is 1.89 bits per heavy atom. The number of anilines is 2. The number of aliphatic hydroxyl groups is 1. The maximum atomic E-state index is 15.9. The predicted molar refractivity (Wildman–Crippen MR) is 158 cm³/mol. The number of nitrogen functional groups attached to an aromatic ring is 1. The Balaban J connectivity index is 1.27. The molecule has 0 bridgehead atoms. The minimum atomic E-state index is -4.82. The number of nitrogens with two attached hydrogens (primary N) is 1. The van der Waals surface area contributed by atoms with Crippen LogP contribution >= 0.6 is 0 Å². The Morgan fingerprint density at radius 1 is 1.07 bits per heavy atom. The van der Waals surface area contributed by atoms with Crippen LogP contribution in [0.25, 0.3) is 27.8 Å². The number of carbonyl (C=O) groups is 1. The predicted octanol–water partition coefficient (Wildman–Crippen LogP) is 5.58. The van der Waals surface area contributed by atoms with Gasteiger partial charge in [-0.3, -0.25) is 9.69 Å². The third-order valence-corrected chi connectivity index (χ3v) is 8.44. The van der Waals surface area contributed by atoms with Gasteiger partial charge >= 0.3 is 6.18 Å². The first-order valence-corrected chi connectivity index (χ1v) is 14.5. The molecule has 3 aromatic carbocycles. The molecule has 1 fully saturated rings. The van der Waals surface area contributed by atoms with Crippen LogP contribution in [0.5, 0.6) is 0 Å². The molecular formula is C32H28F4N6O3. The van der Waals surface area contributed by atoms with Crippen LogP contribution in [0.2, 0.25) is 0 Å². The van der Waals surface area contributed by atoms with Crippen molar-refractivity contribution < 1.29 is 32.0 Å². The number of carbonyl (C=O) groups excluding carboxylic acids is 1. The molecule has 4 heterocycles. The van der Waals surface area contributed by atoms with Gasteiger partial charge in [0.1, 0.15) is 11.5 Å². The number of amides is 1. The van der Waals surface area contributed by atoms with Crippen molar-refractivity contribution in [2.45, 2.75) is 38.1 Å². The van der Waals surface area contributed by atoms with Crippen molar-refractivity contribution in [1.29, 1.82) is 0 Å². The minimum Gasteiger partial charge on any atom is -0.392 e. The first kappa shape index (κ1) is 29.0. The molecule has 2 aromatic heterocycles. The van der Waals surface area contributed by atoms with Gasteiger partial charge < -0.3 is 20.3 Å². The zero-order valence-electron chi connectivity index (χ0n) is 23.9. The fourth-order valence-corrected chi connectivity index (χ4v) is 6.30. The molecule has 1 amide bonds. The lowest BCUT2D eigenvalue weighted by molar-refractivity contribution is -0.142. The maximum Gasteiger partial charge on any atom is 0.435 e. The highest BCUT2D eigenvalue weighted by Crippen LogP contribution is 2.38. The number of likely N-dealkylation sites (tertiary alicyclic amines) is 1. The van der Waals surface area contributed by atoms with Crippen molar-refractivity contribution in [3.63, 3.8) is 0 Å². The highest BCUT2D eigenvalue weighted by Gasteiger charge is 2.42. The fourth-order valence-electron chi connectivity index (χ4n) is 6.30. The molecule has 3 N–H and O–H groups in total. The average Bonchev–Trinajstić information content (AvgIpc) is 3.69. The molecule has 1 atom stereocenters. The van der Waals surface area contributed by atoms with Crippen molar-refractivity contribution in [2.75, 3.05) is 30.3 Å². The van der Waals surface area contributed by atoms with Crippen molar-refractivity contribution in [3.8, 4) is 16.8 Å². The number of β-amino-alcohol motifs (C(OH)–C–C–N with tert-alkyl or cyclic N) is 1. The minimum absolute atomic E-state index is 0.00653. The first-order valence-electron chi connectivity index (χ1n) is 14.5. The summed E-state index contributed by atoms with van der Waals surface area (Å²) in [5.41, 5.74) is 6.96. The van der Waals surface area contributed by atoms with Crippen LogP contribution in [0.1, 0.15) is 40.2 Å². The number of fused-ring (bicyclic) bond motifs is 2. The average molecular weight is 621 g/mol. The number of alkyl halides is 3. The van der Waals surface area contributed by atoms with E-state index in [0.29, 0.717) is 36.0 Å². The van der Waals surface area contributed by atoms with Gasteiger partial charge in [-0.25, -0.2) is 9.07 Å². The number of hydrogen-bond acceptors (Lipinski definition) is 7. The lowest BCUT2D eigenvalue weighted by Gasteiger charge is -2.23. The zero-order chi connectivity index (χ0) is 31.5. The van der Waals surface area contributed by atoms with E-state index in [1.165, 1.54) is 35.2 Å². The summed E-state index contributed by atoms with van der Waals surface area (Å²) in [4.78, 5) is 17.4. The Bertz CT molecular complexity index is 1930. The maximum absolute atomic E-state index is 15.9. The number of hydrogen-bond donors (Lipinski definition) is 2. The third-order valence-electron chi connectivity index (χ3n) is 8.44. The Labute approximate surface area is 254 Å². The molecule has 1 saturated heterocycles. The summed E-state index contributed by atoms with van der Waals surface area (Å²) in [6, 6.07) is 16.5. The van der Waals surface area contributed by atoms with Gasteiger partial charge in [0.25, 0.3) is 5.91 Å². The summed E-state index contributed by atoms with van der Waals surface area (Å²) in [6.07, 6.45) is -4.41. The van der Waals surface area contributed by atoms with Crippen LogP contribution < -0.4 is 10.6 Å². The topological polar surface area (TPSA) is 114 Å². The van der Waals surface area contributed by atoms with E-state index in [9.17, 15) is 23.1 Å².